The summed E-state index contributed by atoms with van der Waals surface area (Å²) in [6, 6.07) is 6.14. The molecule has 9 heteroatoms. The average molecular weight is 323 g/mol. The first-order chi connectivity index (χ1) is 10.6. The molecule has 1 aromatic carbocycles. The summed E-state index contributed by atoms with van der Waals surface area (Å²) in [5.41, 5.74) is 0.0195. The zero-order chi connectivity index (χ0) is 15.9. The standard InChI is InChI=1S/C13H17N5O3S/c1-10(2)9-17-13(14-15-16-17)22-7-6-21-12-5-3-4-11(8-12)18(19)20/h3-5,8,10H,6-7,9H2,1-2H3. The normalized spacial score (nSPS) is 10.9. The zero-order valence-electron chi connectivity index (χ0n) is 12.4. The molecular formula is C13H17N5O3S. The van der Waals surface area contributed by atoms with Crippen LogP contribution in [0.15, 0.2) is 29.4 Å². The highest BCUT2D eigenvalue weighted by molar-refractivity contribution is 7.99. The van der Waals surface area contributed by atoms with Crippen LogP contribution in [0, 0.1) is 16.0 Å². The maximum atomic E-state index is 10.7. The van der Waals surface area contributed by atoms with Gasteiger partial charge in [0.2, 0.25) is 5.16 Å². The highest BCUT2D eigenvalue weighted by Crippen LogP contribution is 2.20. The van der Waals surface area contributed by atoms with Crippen molar-refractivity contribution in [2.45, 2.75) is 25.5 Å². The molecule has 22 heavy (non-hydrogen) atoms. The molecule has 0 saturated carbocycles. The van der Waals surface area contributed by atoms with Crippen molar-refractivity contribution in [1.82, 2.24) is 20.2 Å². The van der Waals surface area contributed by atoms with Crippen LogP contribution in [0.4, 0.5) is 5.69 Å². The van der Waals surface area contributed by atoms with E-state index in [9.17, 15) is 10.1 Å². The molecule has 0 N–H and O–H groups in total. The molecule has 0 aliphatic rings. The van der Waals surface area contributed by atoms with E-state index >= 15 is 0 Å². The second-order valence-corrected chi connectivity index (χ2v) is 6.05. The van der Waals surface area contributed by atoms with E-state index in [0.29, 0.717) is 24.0 Å². The van der Waals surface area contributed by atoms with E-state index in [4.69, 9.17) is 4.74 Å². The van der Waals surface area contributed by atoms with Crippen molar-refractivity contribution < 1.29 is 9.66 Å². The minimum absolute atomic E-state index is 0.0195. The van der Waals surface area contributed by atoms with E-state index in [1.807, 2.05) is 0 Å². The number of hydrogen-bond acceptors (Lipinski definition) is 7. The first-order valence-corrected chi connectivity index (χ1v) is 7.81. The third-order valence-electron chi connectivity index (χ3n) is 2.65. The summed E-state index contributed by atoms with van der Waals surface area (Å²) in [6.45, 7) is 5.38. The molecule has 0 radical (unpaired) electrons. The number of nitrogens with zero attached hydrogens (tertiary/aromatic N) is 5. The van der Waals surface area contributed by atoms with Crippen molar-refractivity contribution in [2.75, 3.05) is 12.4 Å². The van der Waals surface area contributed by atoms with Gasteiger partial charge in [0.1, 0.15) is 5.75 Å². The Morgan fingerprint density at radius 2 is 2.27 bits per heavy atom. The second-order valence-electron chi connectivity index (χ2n) is 4.99. The molecular weight excluding hydrogens is 306 g/mol. The van der Waals surface area contributed by atoms with Crippen molar-refractivity contribution in [2.24, 2.45) is 5.92 Å². The molecule has 0 amide bonds. The molecule has 0 spiro atoms. The first kappa shape index (κ1) is 16.2. The Hall–Kier alpha value is -2.16. The predicted molar refractivity (Wildman–Crippen MR) is 82.0 cm³/mol. The Bertz CT molecular complexity index is 632. The van der Waals surface area contributed by atoms with Crippen LogP contribution in [0.2, 0.25) is 0 Å². The number of non-ortho nitro benzene ring substituents is 1. The van der Waals surface area contributed by atoms with Gasteiger partial charge in [-0.3, -0.25) is 10.1 Å². The number of tetrazole rings is 1. The summed E-state index contributed by atoms with van der Waals surface area (Å²) < 4.78 is 7.28. The molecule has 1 heterocycles. The quantitative estimate of drug-likeness (QED) is 0.318. The molecule has 0 saturated heterocycles. The number of benzene rings is 1. The molecule has 8 nitrogen and oxygen atoms in total. The van der Waals surface area contributed by atoms with Crippen molar-refractivity contribution in [3.8, 4) is 5.75 Å². The Kier molecular flexibility index (Phi) is 5.70. The highest BCUT2D eigenvalue weighted by atomic mass is 32.2. The van der Waals surface area contributed by atoms with Gasteiger partial charge in [-0.25, -0.2) is 4.68 Å². The summed E-state index contributed by atoms with van der Waals surface area (Å²) in [4.78, 5) is 10.2. The molecule has 0 fully saturated rings. The molecule has 2 aromatic rings. The molecule has 118 valence electrons. The van der Waals surface area contributed by atoms with Gasteiger partial charge in [-0.05, 0) is 22.4 Å². The van der Waals surface area contributed by atoms with Crippen LogP contribution in [0.5, 0.6) is 5.75 Å². The van der Waals surface area contributed by atoms with E-state index in [2.05, 4.69) is 29.4 Å². The number of nitro groups is 1. The lowest BCUT2D eigenvalue weighted by atomic mass is 10.2. The van der Waals surface area contributed by atoms with Gasteiger partial charge in [0.25, 0.3) is 5.69 Å². The highest BCUT2D eigenvalue weighted by Gasteiger charge is 2.09. The van der Waals surface area contributed by atoms with Gasteiger partial charge in [-0.15, -0.1) is 5.10 Å². The summed E-state index contributed by atoms with van der Waals surface area (Å²) in [5, 5.41) is 23.0. The lowest BCUT2D eigenvalue weighted by molar-refractivity contribution is -0.384. The van der Waals surface area contributed by atoms with E-state index in [0.717, 1.165) is 11.7 Å². The van der Waals surface area contributed by atoms with Crippen LogP contribution in [0.1, 0.15) is 13.8 Å². The number of ether oxygens (including phenoxy) is 1. The molecule has 0 aliphatic carbocycles. The van der Waals surface area contributed by atoms with E-state index in [1.54, 1.807) is 16.8 Å². The maximum Gasteiger partial charge on any atom is 0.273 e. The molecule has 2 rings (SSSR count). The van der Waals surface area contributed by atoms with Crippen LogP contribution < -0.4 is 4.74 Å². The number of hydrogen-bond donors (Lipinski definition) is 0. The van der Waals surface area contributed by atoms with E-state index < -0.39 is 4.92 Å². The Labute approximate surface area is 132 Å². The SMILES string of the molecule is CC(C)Cn1nnnc1SCCOc1cccc([N+](=O)[O-])c1. The third kappa shape index (κ3) is 4.69. The predicted octanol–water partition coefficient (Wildman–Crippen LogP) is 2.41. The number of aromatic nitrogens is 4. The van der Waals surface area contributed by atoms with Crippen molar-refractivity contribution >= 4 is 17.4 Å². The summed E-state index contributed by atoms with van der Waals surface area (Å²) in [6.07, 6.45) is 0. The molecule has 0 unspecified atom stereocenters. The number of thioether (sulfide) groups is 1. The van der Waals surface area contributed by atoms with Crippen LogP contribution in [0.25, 0.3) is 0 Å². The fourth-order valence-electron chi connectivity index (χ4n) is 1.74. The zero-order valence-corrected chi connectivity index (χ0v) is 13.2. The second kappa shape index (κ2) is 7.74. The third-order valence-corrected chi connectivity index (χ3v) is 3.57. The van der Waals surface area contributed by atoms with Gasteiger partial charge in [0, 0.05) is 18.4 Å². The van der Waals surface area contributed by atoms with Crippen LogP contribution in [-0.4, -0.2) is 37.5 Å². The fraction of sp³-hybridized carbons (Fsp3) is 0.462. The Balaban J connectivity index is 1.81. The summed E-state index contributed by atoms with van der Waals surface area (Å²) in [5.74, 6) is 1.60. The monoisotopic (exact) mass is 323 g/mol. The largest absolute Gasteiger partial charge is 0.492 e. The molecule has 1 aromatic heterocycles. The number of rotatable bonds is 8. The van der Waals surface area contributed by atoms with Crippen LogP contribution in [-0.2, 0) is 6.54 Å². The maximum absolute atomic E-state index is 10.7. The van der Waals surface area contributed by atoms with Crippen molar-refractivity contribution in [1.29, 1.82) is 0 Å². The lowest BCUT2D eigenvalue weighted by Crippen LogP contribution is -2.08. The van der Waals surface area contributed by atoms with Gasteiger partial charge >= 0.3 is 0 Å². The Morgan fingerprint density at radius 3 is 3.00 bits per heavy atom. The first-order valence-electron chi connectivity index (χ1n) is 6.82. The van der Waals surface area contributed by atoms with Crippen LogP contribution in [0.3, 0.4) is 0 Å². The fourth-order valence-corrected chi connectivity index (χ4v) is 2.44. The van der Waals surface area contributed by atoms with Gasteiger partial charge in [-0.1, -0.05) is 31.7 Å². The minimum Gasteiger partial charge on any atom is -0.492 e. The van der Waals surface area contributed by atoms with Gasteiger partial charge < -0.3 is 4.74 Å². The topological polar surface area (TPSA) is 96.0 Å². The minimum atomic E-state index is -0.443. The molecule has 0 bridgehead atoms. The van der Waals surface area contributed by atoms with Crippen molar-refractivity contribution in [3.05, 3.63) is 34.4 Å². The van der Waals surface area contributed by atoms with Gasteiger partial charge in [-0.2, -0.15) is 0 Å². The summed E-state index contributed by atoms with van der Waals surface area (Å²) in [7, 11) is 0. The average Bonchev–Trinajstić information content (AvgIpc) is 2.90. The van der Waals surface area contributed by atoms with E-state index in [-0.39, 0.29) is 5.69 Å². The Morgan fingerprint density at radius 1 is 1.45 bits per heavy atom. The molecule has 0 atom stereocenters. The lowest BCUT2D eigenvalue weighted by Gasteiger charge is -2.07. The van der Waals surface area contributed by atoms with Gasteiger partial charge in [0.05, 0.1) is 17.6 Å². The van der Waals surface area contributed by atoms with Crippen molar-refractivity contribution in [3.63, 3.8) is 0 Å². The molecule has 0 aliphatic heterocycles. The van der Waals surface area contributed by atoms with Crippen LogP contribution >= 0.6 is 11.8 Å². The van der Waals surface area contributed by atoms with E-state index in [1.165, 1.54) is 23.9 Å². The smallest absolute Gasteiger partial charge is 0.273 e. The number of nitro benzene ring substituents is 1. The van der Waals surface area contributed by atoms with Gasteiger partial charge in [0.15, 0.2) is 0 Å². The summed E-state index contributed by atoms with van der Waals surface area (Å²) >= 11 is 1.49.